The zero-order valence-electron chi connectivity index (χ0n) is 10.2. The first kappa shape index (κ1) is 12.4. The van der Waals surface area contributed by atoms with E-state index in [4.69, 9.17) is 14.2 Å². The summed E-state index contributed by atoms with van der Waals surface area (Å²) in [5, 5.41) is 0. The van der Waals surface area contributed by atoms with Crippen LogP contribution in [0.5, 0.6) is 0 Å². The largest absolute Gasteiger partial charge is 0.466 e. The number of rotatable bonds is 4. The molecule has 0 aromatic carbocycles. The van der Waals surface area contributed by atoms with Gasteiger partial charge in [0.05, 0.1) is 37.3 Å². The van der Waals surface area contributed by atoms with Gasteiger partial charge in [-0.15, -0.1) is 0 Å². The minimum Gasteiger partial charge on any atom is -0.466 e. The van der Waals surface area contributed by atoms with Gasteiger partial charge in [0.15, 0.2) is 0 Å². The maximum atomic E-state index is 11.8. The second-order valence-electron chi connectivity index (χ2n) is 4.35. The molecule has 0 aromatic heterocycles. The summed E-state index contributed by atoms with van der Waals surface area (Å²) in [4.78, 5) is 23.7. The summed E-state index contributed by atoms with van der Waals surface area (Å²) in [7, 11) is 0. The molecule has 4 atom stereocenters. The monoisotopic (exact) mass is 242 g/mol. The lowest BCUT2D eigenvalue weighted by Crippen LogP contribution is -2.40. The van der Waals surface area contributed by atoms with Crippen LogP contribution in [0.25, 0.3) is 0 Å². The van der Waals surface area contributed by atoms with Gasteiger partial charge in [-0.25, -0.2) is 0 Å². The number of carbonyl (C=O) groups is 2. The van der Waals surface area contributed by atoms with E-state index in [0.717, 1.165) is 12.8 Å². The van der Waals surface area contributed by atoms with E-state index in [-0.39, 0.29) is 24.1 Å². The Morgan fingerprint density at radius 1 is 1.00 bits per heavy atom. The van der Waals surface area contributed by atoms with Crippen molar-refractivity contribution in [2.45, 2.75) is 38.9 Å². The van der Waals surface area contributed by atoms with Crippen molar-refractivity contribution < 1.29 is 23.8 Å². The lowest BCUT2D eigenvalue weighted by molar-refractivity contribution is -0.160. The van der Waals surface area contributed by atoms with Crippen LogP contribution in [0.2, 0.25) is 0 Å². The van der Waals surface area contributed by atoms with Crippen LogP contribution >= 0.6 is 0 Å². The van der Waals surface area contributed by atoms with Crippen molar-refractivity contribution in [1.29, 1.82) is 0 Å². The highest BCUT2D eigenvalue weighted by atomic mass is 16.6. The van der Waals surface area contributed by atoms with Crippen LogP contribution in [0.3, 0.4) is 0 Å². The number of esters is 2. The molecule has 0 amide bonds. The number of hydrogen-bond acceptors (Lipinski definition) is 5. The third-order valence-electron chi connectivity index (χ3n) is 3.39. The van der Waals surface area contributed by atoms with Gasteiger partial charge >= 0.3 is 11.9 Å². The fourth-order valence-electron chi connectivity index (χ4n) is 2.75. The highest BCUT2D eigenvalue weighted by Crippen LogP contribution is 2.44. The van der Waals surface area contributed by atoms with Gasteiger partial charge in [0.2, 0.25) is 0 Å². The number of carbonyl (C=O) groups excluding carboxylic acids is 2. The Bertz CT molecular complexity index is 284. The zero-order valence-corrected chi connectivity index (χ0v) is 10.2. The fourth-order valence-corrected chi connectivity index (χ4v) is 2.75. The highest BCUT2D eigenvalue weighted by molar-refractivity contribution is 5.84. The molecule has 17 heavy (non-hydrogen) atoms. The molecular formula is C12H18O5. The summed E-state index contributed by atoms with van der Waals surface area (Å²) >= 11 is 0. The second kappa shape index (κ2) is 5.04. The summed E-state index contributed by atoms with van der Waals surface area (Å²) in [6, 6.07) is 0. The Morgan fingerprint density at radius 2 is 1.41 bits per heavy atom. The summed E-state index contributed by atoms with van der Waals surface area (Å²) in [6.07, 6.45) is 1.30. The normalized spacial score (nSPS) is 34.7. The van der Waals surface area contributed by atoms with Crippen molar-refractivity contribution in [3.05, 3.63) is 0 Å². The molecule has 5 nitrogen and oxygen atoms in total. The van der Waals surface area contributed by atoms with Crippen molar-refractivity contribution in [3.8, 4) is 0 Å². The first-order valence-electron chi connectivity index (χ1n) is 6.17. The smallest absolute Gasteiger partial charge is 0.312 e. The van der Waals surface area contributed by atoms with Gasteiger partial charge in [0.1, 0.15) is 0 Å². The van der Waals surface area contributed by atoms with Crippen molar-refractivity contribution in [2.24, 2.45) is 11.8 Å². The van der Waals surface area contributed by atoms with Gasteiger partial charge in [-0.2, -0.15) is 0 Å². The van der Waals surface area contributed by atoms with Crippen LogP contribution in [0.15, 0.2) is 0 Å². The fraction of sp³-hybridized carbons (Fsp3) is 0.833. The van der Waals surface area contributed by atoms with Crippen LogP contribution in [0.4, 0.5) is 0 Å². The lowest BCUT2D eigenvalue weighted by Gasteiger charge is -2.24. The number of fused-ring (bicyclic) bond motifs is 2. The van der Waals surface area contributed by atoms with Crippen molar-refractivity contribution in [2.75, 3.05) is 13.2 Å². The second-order valence-corrected chi connectivity index (χ2v) is 4.35. The molecule has 0 radical (unpaired) electrons. The molecule has 0 spiro atoms. The Hall–Kier alpha value is -1.10. The molecule has 0 N–H and O–H groups in total. The third kappa shape index (κ3) is 2.16. The topological polar surface area (TPSA) is 61.8 Å². The van der Waals surface area contributed by atoms with E-state index in [1.165, 1.54) is 0 Å². The zero-order chi connectivity index (χ0) is 12.4. The summed E-state index contributed by atoms with van der Waals surface area (Å²) in [6.45, 7) is 4.15. The van der Waals surface area contributed by atoms with Gasteiger partial charge in [-0.05, 0) is 26.7 Å². The van der Waals surface area contributed by atoms with Gasteiger partial charge < -0.3 is 14.2 Å². The lowest BCUT2D eigenvalue weighted by atomic mass is 9.79. The van der Waals surface area contributed by atoms with Crippen molar-refractivity contribution >= 4 is 11.9 Å². The molecule has 2 heterocycles. The molecule has 96 valence electrons. The first-order valence-corrected chi connectivity index (χ1v) is 6.17. The van der Waals surface area contributed by atoms with E-state index in [1.54, 1.807) is 13.8 Å². The minimum absolute atomic E-state index is 0.173. The van der Waals surface area contributed by atoms with Crippen LogP contribution in [0, 0.1) is 11.8 Å². The SMILES string of the molecule is CCOC(=O)[C@@H]1[C@H](C(=O)OCC)[C@H]2CC[C@@H]1O2. The van der Waals surface area contributed by atoms with Gasteiger partial charge in [0, 0.05) is 0 Å². The molecule has 2 aliphatic heterocycles. The summed E-state index contributed by atoms with van der Waals surface area (Å²) in [5.41, 5.74) is 0. The highest BCUT2D eigenvalue weighted by Gasteiger charge is 2.56. The van der Waals surface area contributed by atoms with Gasteiger partial charge in [-0.3, -0.25) is 9.59 Å². The maximum absolute atomic E-state index is 11.8. The Kier molecular flexibility index (Phi) is 3.66. The Balaban J connectivity index is 2.11. The standard InChI is InChI=1S/C12H18O5/c1-3-15-11(13)9-7-5-6-8(17-7)10(9)12(14)16-4-2/h7-10H,3-6H2,1-2H3/t7-,8+,9-,10+. The summed E-state index contributed by atoms with van der Waals surface area (Å²) < 4.78 is 15.7. The van der Waals surface area contributed by atoms with E-state index < -0.39 is 11.8 Å². The third-order valence-corrected chi connectivity index (χ3v) is 3.39. The molecule has 2 aliphatic rings. The van der Waals surface area contributed by atoms with Crippen LogP contribution in [0.1, 0.15) is 26.7 Å². The van der Waals surface area contributed by atoms with Crippen LogP contribution in [-0.4, -0.2) is 37.4 Å². The molecule has 0 aliphatic carbocycles. The van der Waals surface area contributed by atoms with E-state index in [0.29, 0.717) is 13.2 Å². The molecule has 0 aromatic rings. The van der Waals surface area contributed by atoms with E-state index in [1.807, 2.05) is 0 Å². The van der Waals surface area contributed by atoms with Gasteiger partial charge in [-0.1, -0.05) is 0 Å². The molecule has 0 unspecified atom stereocenters. The van der Waals surface area contributed by atoms with E-state index >= 15 is 0 Å². The predicted octanol–water partition coefficient (Wildman–Crippen LogP) is 0.906. The number of hydrogen-bond donors (Lipinski definition) is 0. The Morgan fingerprint density at radius 3 is 1.76 bits per heavy atom. The molecule has 2 saturated heterocycles. The van der Waals surface area contributed by atoms with Crippen molar-refractivity contribution in [1.82, 2.24) is 0 Å². The van der Waals surface area contributed by atoms with E-state index in [9.17, 15) is 9.59 Å². The molecular weight excluding hydrogens is 224 g/mol. The number of ether oxygens (including phenoxy) is 3. The molecule has 2 bridgehead atoms. The minimum atomic E-state index is -0.479. The van der Waals surface area contributed by atoms with Crippen LogP contribution in [-0.2, 0) is 23.8 Å². The maximum Gasteiger partial charge on any atom is 0.312 e. The molecule has 5 heteroatoms. The predicted molar refractivity (Wildman–Crippen MR) is 58.1 cm³/mol. The Labute approximate surface area is 100 Å². The molecule has 2 fully saturated rings. The van der Waals surface area contributed by atoms with Crippen molar-refractivity contribution in [3.63, 3.8) is 0 Å². The van der Waals surface area contributed by atoms with Gasteiger partial charge in [0.25, 0.3) is 0 Å². The first-order chi connectivity index (χ1) is 8.19. The van der Waals surface area contributed by atoms with E-state index in [2.05, 4.69) is 0 Å². The summed E-state index contributed by atoms with van der Waals surface area (Å²) in [5.74, 6) is -1.63. The molecule has 2 rings (SSSR count). The van der Waals surface area contributed by atoms with Crippen LogP contribution < -0.4 is 0 Å². The average Bonchev–Trinajstić information content (AvgIpc) is 2.89. The average molecular weight is 242 g/mol. The quantitative estimate of drug-likeness (QED) is 0.686. The molecule has 0 saturated carbocycles.